The van der Waals surface area contributed by atoms with E-state index in [2.05, 4.69) is 29.6 Å². The number of benzene rings is 2. The summed E-state index contributed by atoms with van der Waals surface area (Å²) in [6.45, 7) is 6.49. The molecule has 210 valence electrons. The third kappa shape index (κ3) is 7.52. The highest BCUT2D eigenvalue weighted by Crippen LogP contribution is 2.44. The molecule has 0 spiro atoms. The van der Waals surface area contributed by atoms with Gasteiger partial charge in [-0.15, -0.1) is 0 Å². The van der Waals surface area contributed by atoms with Gasteiger partial charge in [-0.05, 0) is 74.6 Å². The van der Waals surface area contributed by atoms with Gasteiger partial charge in [-0.2, -0.15) is 0 Å². The van der Waals surface area contributed by atoms with E-state index < -0.39 is 23.8 Å². The monoisotopic (exact) mass is 536 g/mol. The van der Waals surface area contributed by atoms with Crippen LogP contribution in [0.4, 0.5) is 9.59 Å². The number of alkyl carbamates (subject to hydrolysis) is 1. The third-order valence-corrected chi connectivity index (χ3v) is 7.49. The van der Waals surface area contributed by atoms with Crippen LogP contribution in [0.15, 0.2) is 48.5 Å². The Morgan fingerprint density at radius 1 is 1.00 bits per heavy atom. The summed E-state index contributed by atoms with van der Waals surface area (Å²) in [5, 5.41) is 12.0. The lowest BCUT2D eigenvalue weighted by molar-refractivity contribution is -0.137. The highest BCUT2D eigenvalue weighted by Gasteiger charge is 2.33. The predicted molar refractivity (Wildman–Crippen MR) is 149 cm³/mol. The Morgan fingerprint density at radius 3 is 2.26 bits per heavy atom. The van der Waals surface area contributed by atoms with Crippen LogP contribution in [-0.4, -0.2) is 59.5 Å². The van der Waals surface area contributed by atoms with Gasteiger partial charge in [0, 0.05) is 31.5 Å². The molecule has 2 N–H and O–H groups in total. The fraction of sp³-hybridized carbons (Fsp3) is 0.516. The van der Waals surface area contributed by atoms with Gasteiger partial charge < -0.3 is 24.8 Å². The molecule has 2 unspecified atom stereocenters. The van der Waals surface area contributed by atoms with Gasteiger partial charge >= 0.3 is 18.2 Å². The fourth-order valence-electron chi connectivity index (χ4n) is 5.77. The first kappa shape index (κ1) is 28.5. The zero-order chi connectivity index (χ0) is 28.0. The first-order chi connectivity index (χ1) is 18.6. The Labute approximate surface area is 230 Å². The lowest BCUT2D eigenvalue weighted by Crippen LogP contribution is -2.46. The quantitative estimate of drug-likeness (QED) is 0.396. The third-order valence-electron chi connectivity index (χ3n) is 7.49. The van der Waals surface area contributed by atoms with Crippen LogP contribution in [0.2, 0.25) is 0 Å². The van der Waals surface area contributed by atoms with E-state index in [0.29, 0.717) is 25.9 Å². The molecule has 4 rings (SSSR count). The molecule has 1 fully saturated rings. The Morgan fingerprint density at radius 2 is 1.64 bits per heavy atom. The molecule has 8 nitrogen and oxygen atoms in total. The van der Waals surface area contributed by atoms with Crippen LogP contribution in [0, 0.1) is 5.92 Å². The van der Waals surface area contributed by atoms with Crippen LogP contribution < -0.4 is 5.32 Å². The molecule has 39 heavy (non-hydrogen) atoms. The van der Waals surface area contributed by atoms with Crippen molar-refractivity contribution in [3.63, 3.8) is 0 Å². The lowest BCUT2D eigenvalue weighted by atomic mass is 9.85. The standard InChI is InChI=1S/C31H40N2O6/c1-31(2,3)39-29(36)32-19-21-10-8-11-22(18-21)33(17-9-16-28(34)35)30(37)38-20-27-25-14-6-4-12-23(25)24-13-5-7-15-26(24)27/h4-7,12-15,21-22,27H,8-11,16-20H2,1-3H3,(H,32,36)(H,34,35). The van der Waals surface area contributed by atoms with Gasteiger partial charge in [-0.3, -0.25) is 4.79 Å². The molecule has 2 aliphatic carbocycles. The van der Waals surface area contributed by atoms with Crippen molar-refractivity contribution in [2.75, 3.05) is 19.7 Å². The van der Waals surface area contributed by atoms with Gasteiger partial charge in [0.1, 0.15) is 12.2 Å². The normalized spacial score (nSPS) is 18.5. The average Bonchev–Trinajstić information content (AvgIpc) is 3.21. The van der Waals surface area contributed by atoms with E-state index in [-0.39, 0.29) is 30.9 Å². The summed E-state index contributed by atoms with van der Waals surface area (Å²) >= 11 is 0. The molecule has 2 aromatic rings. The molecule has 0 radical (unpaired) electrons. The molecule has 2 atom stereocenters. The maximum atomic E-state index is 13.5. The number of nitrogens with one attached hydrogen (secondary N) is 1. The molecule has 0 saturated heterocycles. The van der Waals surface area contributed by atoms with Crippen molar-refractivity contribution in [2.24, 2.45) is 5.92 Å². The smallest absolute Gasteiger partial charge is 0.410 e. The molecule has 0 aliphatic heterocycles. The topological polar surface area (TPSA) is 105 Å². The number of carboxylic acids is 1. The minimum Gasteiger partial charge on any atom is -0.481 e. The van der Waals surface area contributed by atoms with Gasteiger partial charge in [0.2, 0.25) is 0 Å². The van der Waals surface area contributed by atoms with E-state index >= 15 is 0 Å². The molecule has 0 bridgehead atoms. The Hall–Kier alpha value is -3.55. The van der Waals surface area contributed by atoms with Gasteiger partial charge in [-0.1, -0.05) is 55.0 Å². The zero-order valence-electron chi connectivity index (χ0n) is 23.2. The van der Waals surface area contributed by atoms with Gasteiger partial charge in [0.15, 0.2) is 0 Å². The Bertz CT molecular complexity index is 1130. The van der Waals surface area contributed by atoms with Crippen molar-refractivity contribution in [3.8, 4) is 11.1 Å². The molecular weight excluding hydrogens is 496 g/mol. The van der Waals surface area contributed by atoms with Gasteiger partial charge in [0.05, 0.1) is 0 Å². The van der Waals surface area contributed by atoms with E-state index in [1.54, 1.807) is 4.90 Å². The SMILES string of the molecule is CC(C)(C)OC(=O)NCC1CCCC(N(CCCC(=O)O)C(=O)OCC2c3ccccc3-c3ccccc32)C1. The second-order valence-corrected chi connectivity index (χ2v) is 11.6. The number of carboxylic acid groups (broad SMARTS) is 1. The minimum atomic E-state index is -0.884. The summed E-state index contributed by atoms with van der Waals surface area (Å²) in [5.74, 6) is -0.732. The second kappa shape index (κ2) is 12.5. The van der Waals surface area contributed by atoms with Crippen molar-refractivity contribution in [1.29, 1.82) is 0 Å². The number of aliphatic carboxylic acids is 1. The van der Waals surface area contributed by atoms with Crippen LogP contribution in [0.25, 0.3) is 11.1 Å². The van der Waals surface area contributed by atoms with Crippen LogP contribution in [0.3, 0.4) is 0 Å². The summed E-state index contributed by atoms with van der Waals surface area (Å²) in [4.78, 5) is 38.5. The fourth-order valence-corrected chi connectivity index (χ4v) is 5.77. The molecule has 0 aromatic heterocycles. The number of rotatable bonds is 9. The molecule has 2 aromatic carbocycles. The first-order valence-electron chi connectivity index (χ1n) is 13.9. The van der Waals surface area contributed by atoms with Crippen LogP contribution in [-0.2, 0) is 14.3 Å². The van der Waals surface area contributed by atoms with Crippen LogP contribution >= 0.6 is 0 Å². The summed E-state index contributed by atoms with van der Waals surface area (Å²) in [6.07, 6.45) is 2.89. The first-order valence-corrected chi connectivity index (χ1v) is 13.9. The van der Waals surface area contributed by atoms with E-state index in [9.17, 15) is 14.4 Å². The van der Waals surface area contributed by atoms with Crippen molar-refractivity contribution in [2.45, 2.75) is 76.9 Å². The largest absolute Gasteiger partial charge is 0.481 e. The van der Waals surface area contributed by atoms with Crippen molar-refractivity contribution in [1.82, 2.24) is 10.2 Å². The summed E-state index contributed by atoms with van der Waals surface area (Å²) in [5.41, 5.74) is 4.06. The minimum absolute atomic E-state index is 0.0104. The van der Waals surface area contributed by atoms with E-state index in [1.807, 2.05) is 45.0 Å². The molecule has 1 saturated carbocycles. The number of carbonyl (C=O) groups is 3. The maximum absolute atomic E-state index is 13.5. The average molecular weight is 537 g/mol. The number of amides is 2. The summed E-state index contributed by atoms with van der Waals surface area (Å²) in [7, 11) is 0. The number of fused-ring (bicyclic) bond motifs is 3. The highest BCUT2D eigenvalue weighted by molar-refractivity contribution is 5.79. The van der Waals surface area contributed by atoms with E-state index in [1.165, 1.54) is 11.1 Å². The molecule has 8 heteroatoms. The zero-order valence-corrected chi connectivity index (χ0v) is 23.2. The number of ether oxygens (including phenoxy) is 2. The summed E-state index contributed by atoms with van der Waals surface area (Å²) < 4.78 is 11.3. The van der Waals surface area contributed by atoms with Gasteiger partial charge in [-0.25, -0.2) is 9.59 Å². The van der Waals surface area contributed by atoms with Crippen molar-refractivity contribution < 1.29 is 29.0 Å². The Balaban J connectivity index is 1.41. The van der Waals surface area contributed by atoms with Gasteiger partial charge in [0.25, 0.3) is 0 Å². The lowest BCUT2D eigenvalue weighted by Gasteiger charge is -2.37. The van der Waals surface area contributed by atoms with E-state index in [0.717, 1.165) is 30.4 Å². The Kier molecular flexibility index (Phi) is 9.15. The van der Waals surface area contributed by atoms with Crippen molar-refractivity contribution >= 4 is 18.2 Å². The number of hydrogen-bond acceptors (Lipinski definition) is 5. The van der Waals surface area contributed by atoms with Crippen LogP contribution in [0.5, 0.6) is 0 Å². The maximum Gasteiger partial charge on any atom is 0.410 e. The molecule has 0 heterocycles. The molecule has 2 aliphatic rings. The predicted octanol–water partition coefficient (Wildman–Crippen LogP) is 6.19. The van der Waals surface area contributed by atoms with E-state index in [4.69, 9.17) is 14.6 Å². The molecular formula is C31H40N2O6. The van der Waals surface area contributed by atoms with Crippen molar-refractivity contribution in [3.05, 3.63) is 59.7 Å². The number of carbonyl (C=O) groups excluding carboxylic acids is 2. The summed E-state index contributed by atoms with van der Waals surface area (Å²) in [6, 6.07) is 16.3. The highest BCUT2D eigenvalue weighted by atomic mass is 16.6. The number of hydrogen-bond donors (Lipinski definition) is 2. The molecule has 2 amide bonds. The van der Waals surface area contributed by atoms with Crippen LogP contribution in [0.1, 0.15) is 76.3 Å². The second-order valence-electron chi connectivity index (χ2n) is 11.6. The number of nitrogens with zero attached hydrogens (tertiary/aromatic N) is 1.